The third-order valence-corrected chi connectivity index (χ3v) is 1.54. The van der Waals surface area contributed by atoms with E-state index < -0.39 is 12.0 Å². The number of rotatable bonds is 2. The molecular weight excluding hydrogens is 181 g/mol. The van der Waals surface area contributed by atoms with Gasteiger partial charge in [-0.25, -0.2) is 0 Å². The van der Waals surface area contributed by atoms with Crippen LogP contribution in [0.1, 0.15) is 13.0 Å². The van der Waals surface area contributed by atoms with E-state index in [1.807, 2.05) is 0 Å². The fourth-order valence-electron chi connectivity index (χ4n) is 0.884. The van der Waals surface area contributed by atoms with Crippen molar-refractivity contribution in [2.24, 2.45) is 5.73 Å². The number of carboxylic acids is 1. The second-order valence-corrected chi connectivity index (χ2v) is 2.37. The number of aliphatic carboxylic acids is 1. The molecule has 4 nitrogen and oxygen atoms in total. The number of hydrogen-bond acceptors (Lipinski definition) is 3. The predicted molar refractivity (Wildman–Crippen MR) is 43.8 cm³/mol. The fourth-order valence-corrected chi connectivity index (χ4v) is 0.884. The van der Waals surface area contributed by atoms with E-state index in [1.54, 1.807) is 12.1 Å². The molecule has 0 saturated carbocycles. The summed E-state index contributed by atoms with van der Waals surface area (Å²) < 4.78 is 0. The summed E-state index contributed by atoms with van der Waals surface area (Å²) in [7, 11) is 0. The van der Waals surface area contributed by atoms with Crippen LogP contribution in [0.2, 0.25) is 0 Å². The molecule has 0 unspecified atom stereocenters. The minimum Gasteiger partial charge on any atom is -1.00 e. The maximum Gasteiger partial charge on any atom is 1.00 e. The average Bonchev–Trinajstić information content (AvgIpc) is 2.04. The van der Waals surface area contributed by atoms with E-state index >= 15 is 0 Å². The molecule has 1 aromatic rings. The van der Waals surface area contributed by atoms with Crippen LogP contribution in [-0.4, -0.2) is 16.2 Å². The third kappa shape index (κ3) is 3.00. The normalized spacial score (nSPS) is 11.5. The molecule has 1 rings (SSSR count). The van der Waals surface area contributed by atoms with Gasteiger partial charge in [0.2, 0.25) is 0 Å². The number of benzene rings is 1. The molecular formula is C8H10NNaO3. The molecule has 1 aromatic carbocycles. The zero-order chi connectivity index (χ0) is 9.14. The summed E-state index contributed by atoms with van der Waals surface area (Å²) in [6.45, 7) is 0. The SMILES string of the molecule is N[C@@H](C(=O)O)c1ccccc1O.[H-].[Na+]. The van der Waals surface area contributed by atoms with Crippen LogP contribution in [-0.2, 0) is 4.79 Å². The Morgan fingerprint density at radius 1 is 1.46 bits per heavy atom. The minimum atomic E-state index is -1.16. The van der Waals surface area contributed by atoms with Crippen molar-refractivity contribution >= 4 is 5.97 Å². The Kier molecular flexibility index (Phi) is 5.02. The number of phenolic OH excluding ortho intramolecular Hbond substituents is 1. The second kappa shape index (κ2) is 5.24. The first-order valence-corrected chi connectivity index (χ1v) is 3.39. The van der Waals surface area contributed by atoms with Crippen LogP contribution < -0.4 is 35.3 Å². The van der Waals surface area contributed by atoms with Crippen LogP contribution in [0.25, 0.3) is 0 Å². The molecule has 1 atom stereocenters. The van der Waals surface area contributed by atoms with Gasteiger partial charge in [-0.3, -0.25) is 4.79 Å². The summed E-state index contributed by atoms with van der Waals surface area (Å²) in [5.74, 6) is -1.25. The molecule has 0 saturated heterocycles. The number of para-hydroxylation sites is 1. The molecule has 5 heteroatoms. The van der Waals surface area contributed by atoms with Gasteiger partial charge in [0.25, 0.3) is 0 Å². The van der Waals surface area contributed by atoms with Gasteiger partial charge in [-0.2, -0.15) is 0 Å². The summed E-state index contributed by atoms with van der Waals surface area (Å²) >= 11 is 0. The summed E-state index contributed by atoms with van der Waals surface area (Å²) in [6, 6.07) is 4.95. The fraction of sp³-hybridized carbons (Fsp3) is 0.125. The quantitative estimate of drug-likeness (QED) is 0.455. The smallest absolute Gasteiger partial charge is 1.00 e. The van der Waals surface area contributed by atoms with Gasteiger partial charge in [-0.15, -0.1) is 0 Å². The molecule has 0 aliphatic heterocycles. The number of nitrogens with two attached hydrogens (primary N) is 1. The van der Waals surface area contributed by atoms with Crippen molar-refractivity contribution in [1.29, 1.82) is 0 Å². The molecule has 4 N–H and O–H groups in total. The monoisotopic (exact) mass is 191 g/mol. The van der Waals surface area contributed by atoms with Gasteiger partial charge >= 0.3 is 35.5 Å². The third-order valence-electron chi connectivity index (χ3n) is 1.54. The molecule has 0 fully saturated rings. The first-order valence-electron chi connectivity index (χ1n) is 3.39. The molecule has 0 aromatic heterocycles. The van der Waals surface area contributed by atoms with E-state index in [4.69, 9.17) is 10.8 Å². The van der Waals surface area contributed by atoms with E-state index in [0.717, 1.165) is 0 Å². The van der Waals surface area contributed by atoms with Gasteiger partial charge in [0.15, 0.2) is 0 Å². The topological polar surface area (TPSA) is 83.6 Å². The summed E-state index contributed by atoms with van der Waals surface area (Å²) in [5.41, 5.74) is 5.51. The minimum absolute atomic E-state index is 0. The van der Waals surface area contributed by atoms with Crippen LogP contribution >= 0.6 is 0 Å². The first-order chi connectivity index (χ1) is 5.63. The van der Waals surface area contributed by atoms with Crippen molar-refractivity contribution in [2.75, 3.05) is 0 Å². The van der Waals surface area contributed by atoms with E-state index in [9.17, 15) is 9.90 Å². The van der Waals surface area contributed by atoms with Gasteiger partial charge in [0, 0.05) is 5.56 Å². The second-order valence-electron chi connectivity index (χ2n) is 2.37. The largest absolute Gasteiger partial charge is 1.00 e. The van der Waals surface area contributed by atoms with Gasteiger partial charge < -0.3 is 17.4 Å². The van der Waals surface area contributed by atoms with E-state index in [2.05, 4.69) is 0 Å². The number of aromatic hydroxyl groups is 1. The molecule has 0 amide bonds. The Hall–Kier alpha value is -0.550. The molecule has 0 bridgehead atoms. The first kappa shape index (κ1) is 12.4. The van der Waals surface area contributed by atoms with Crippen LogP contribution in [0.3, 0.4) is 0 Å². The zero-order valence-electron chi connectivity index (χ0n) is 8.27. The Morgan fingerprint density at radius 3 is 2.46 bits per heavy atom. The summed E-state index contributed by atoms with van der Waals surface area (Å²) in [5, 5.41) is 17.7. The van der Waals surface area contributed by atoms with Crippen LogP contribution in [0.4, 0.5) is 0 Å². The number of carboxylic acid groups (broad SMARTS) is 1. The van der Waals surface area contributed by atoms with Crippen LogP contribution in [0.15, 0.2) is 24.3 Å². The number of carbonyl (C=O) groups is 1. The van der Waals surface area contributed by atoms with Gasteiger partial charge in [-0.05, 0) is 6.07 Å². The molecule has 0 aliphatic rings. The van der Waals surface area contributed by atoms with Crippen molar-refractivity contribution in [3.63, 3.8) is 0 Å². The number of hydrogen-bond donors (Lipinski definition) is 3. The molecule has 13 heavy (non-hydrogen) atoms. The van der Waals surface area contributed by atoms with Gasteiger partial charge in [-0.1, -0.05) is 18.2 Å². The van der Waals surface area contributed by atoms with Crippen molar-refractivity contribution in [1.82, 2.24) is 0 Å². The average molecular weight is 191 g/mol. The van der Waals surface area contributed by atoms with E-state index in [1.165, 1.54) is 12.1 Å². The van der Waals surface area contributed by atoms with Crippen molar-refractivity contribution in [3.05, 3.63) is 29.8 Å². The van der Waals surface area contributed by atoms with Gasteiger partial charge in [0.1, 0.15) is 11.8 Å². The van der Waals surface area contributed by atoms with Crippen molar-refractivity contribution < 1.29 is 46.0 Å². The van der Waals surface area contributed by atoms with E-state index in [-0.39, 0.29) is 42.3 Å². The maximum absolute atomic E-state index is 10.4. The molecule has 0 spiro atoms. The van der Waals surface area contributed by atoms with Crippen LogP contribution in [0.5, 0.6) is 5.75 Å². The van der Waals surface area contributed by atoms with E-state index in [0.29, 0.717) is 0 Å². The number of phenols is 1. The van der Waals surface area contributed by atoms with Gasteiger partial charge in [0.05, 0.1) is 0 Å². The summed E-state index contributed by atoms with van der Waals surface area (Å²) in [4.78, 5) is 10.4. The molecule has 0 radical (unpaired) electrons. The summed E-state index contributed by atoms with van der Waals surface area (Å²) in [6.07, 6.45) is 0. The predicted octanol–water partition coefficient (Wildman–Crippen LogP) is -2.41. The van der Waals surface area contributed by atoms with Crippen molar-refractivity contribution in [3.8, 4) is 5.75 Å². The maximum atomic E-state index is 10.4. The Morgan fingerprint density at radius 2 is 2.00 bits per heavy atom. The van der Waals surface area contributed by atoms with Crippen LogP contribution in [0, 0.1) is 0 Å². The molecule has 66 valence electrons. The Balaban J connectivity index is 0. The Bertz CT molecular complexity index is 308. The zero-order valence-corrected chi connectivity index (χ0v) is 9.27. The Labute approximate surface area is 99.1 Å². The van der Waals surface area contributed by atoms with Crippen molar-refractivity contribution in [2.45, 2.75) is 6.04 Å². The molecule has 0 aliphatic carbocycles. The standard InChI is InChI=1S/C8H9NO3.Na.H/c9-7(8(11)12)5-3-1-2-4-6(5)10;;/h1-4,7,10H,9H2,(H,11,12);;/q;+1;-1/t7-;;/m1../s1. The molecule has 0 heterocycles.